The van der Waals surface area contributed by atoms with Crippen LogP contribution in [0.4, 0.5) is 10.1 Å². The van der Waals surface area contributed by atoms with Crippen LogP contribution in [-0.4, -0.2) is 4.57 Å². The molecule has 0 amide bonds. The molecule has 0 aliphatic rings. The number of halogens is 2. The summed E-state index contributed by atoms with van der Waals surface area (Å²) in [5, 5.41) is 3.35. The number of hydrogen-bond donors (Lipinski definition) is 1. The van der Waals surface area contributed by atoms with Crippen molar-refractivity contribution in [1.29, 1.82) is 0 Å². The fraction of sp³-hybridized carbons (Fsp3) is 0.267. The Morgan fingerprint density at radius 2 is 2.10 bits per heavy atom. The molecule has 2 rings (SSSR count). The van der Waals surface area contributed by atoms with E-state index in [4.69, 9.17) is 11.6 Å². The molecule has 0 saturated carbocycles. The predicted molar refractivity (Wildman–Crippen MR) is 79.8 cm³/mol. The summed E-state index contributed by atoms with van der Waals surface area (Å²) >= 11 is 5.67. The van der Waals surface area contributed by atoms with Gasteiger partial charge in [0.05, 0.1) is 10.7 Å². The number of benzene rings is 1. The summed E-state index contributed by atoms with van der Waals surface area (Å²) in [7, 11) is 0. The van der Waals surface area contributed by atoms with E-state index in [9.17, 15) is 9.18 Å². The Balaban J connectivity index is 2.20. The highest BCUT2D eigenvalue weighted by molar-refractivity contribution is 6.30. The summed E-state index contributed by atoms with van der Waals surface area (Å²) in [5.41, 5.74) is 1.57. The van der Waals surface area contributed by atoms with E-state index in [1.165, 1.54) is 18.2 Å². The van der Waals surface area contributed by atoms with Crippen LogP contribution in [0.15, 0.2) is 41.3 Å². The van der Waals surface area contributed by atoms with Gasteiger partial charge in [0, 0.05) is 24.8 Å². The van der Waals surface area contributed by atoms with Gasteiger partial charge in [-0.2, -0.15) is 0 Å². The second kappa shape index (κ2) is 6.09. The SMILES string of the molecule is CCn1cc(NC(C)c2ccc(Cl)c(F)c2)ccc1=O. The topological polar surface area (TPSA) is 34.0 Å². The van der Waals surface area contributed by atoms with Crippen LogP contribution in [-0.2, 0) is 6.54 Å². The number of nitrogens with zero attached hydrogens (tertiary/aromatic N) is 1. The van der Waals surface area contributed by atoms with Crippen molar-refractivity contribution in [2.45, 2.75) is 26.4 Å². The fourth-order valence-corrected chi connectivity index (χ4v) is 2.10. The molecule has 1 atom stereocenters. The van der Waals surface area contributed by atoms with Crippen molar-refractivity contribution < 1.29 is 4.39 Å². The minimum Gasteiger partial charge on any atom is -0.377 e. The van der Waals surface area contributed by atoms with E-state index >= 15 is 0 Å². The first-order valence-corrected chi connectivity index (χ1v) is 6.81. The number of rotatable bonds is 4. The van der Waals surface area contributed by atoms with E-state index in [1.807, 2.05) is 13.8 Å². The quantitative estimate of drug-likeness (QED) is 0.930. The van der Waals surface area contributed by atoms with Crippen LogP contribution in [0.5, 0.6) is 0 Å². The molecule has 2 aromatic rings. The van der Waals surface area contributed by atoms with E-state index in [-0.39, 0.29) is 16.6 Å². The van der Waals surface area contributed by atoms with Gasteiger partial charge < -0.3 is 9.88 Å². The van der Waals surface area contributed by atoms with Gasteiger partial charge in [-0.05, 0) is 37.6 Å². The van der Waals surface area contributed by atoms with Gasteiger partial charge in [0.1, 0.15) is 5.82 Å². The van der Waals surface area contributed by atoms with E-state index in [0.717, 1.165) is 11.3 Å². The molecule has 1 aromatic carbocycles. The maximum atomic E-state index is 13.4. The standard InChI is InChI=1S/C15H16ClFN2O/c1-3-19-9-12(5-7-15(19)20)18-10(2)11-4-6-13(16)14(17)8-11/h4-10,18H,3H2,1-2H3. The third-order valence-corrected chi connectivity index (χ3v) is 3.46. The van der Waals surface area contributed by atoms with Crippen molar-refractivity contribution in [2.75, 3.05) is 5.32 Å². The minimum atomic E-state index is -0.434. The summed E-state index contributed by atoms with van der Waals surface area (Å²) in [5.74, 6) is -0.434. The molecule has 0 fully saturated rings. The zero-order valence-electron chi connectivity index (χ0n) is 11.4. The van der Waals surface area contributed by atoms with Crippen LogP contribution >= 0.6 is 11.6 Å². The predicted octanol–water partition coefficient (Wildman–Crippen LogP) is 3.83. The monoisotopic (exact) mass is 294 g/mol. The summed E-state index contributed by atoms with van der Waals surface area (Å²) in [6.07, 6.45) is 1.76. The molecular formula is C15H16ClFN2O. The van der Waals surface area contributed by atoms with Crippen molar-refractivity contribution in [1.82, 2.24) is 4.57 Å². The summed E-state index contributed by atoms with van der Waals surface area (Å²) in [4.78, 5) is 11.5. The molecule has 1 heterocycles. The van der Waals surface area contributed by atoms with Gasteiger partial charge in [-0.25, -0.2) is 4.39 Å². The maximum absolute atomic E-state index is 13.4. The third kappa shape index (κ3) is 3.20. The van der Waals surface area contributed by atoms with E-state index in [2.05, 4.69) is 5.32 Å². The zero-order chi connectivity index (χ0) is 14.7. The van der Waals surface area contributed by atoms with Crippen molar-refractivity contribution >= 4 is 17.3 Å². The lowest BCUT2D eigenvalue weighted by molar-refractivity contribution is 0.624. The Labute approximate surface area is 122 Å². The molecular weight excluding hydrogens is 279 g/mol. The molecule has 5 heteroatoms. The number of pyridine rings is 1. The van der Waals surface area contributed by atoms with Crippen molar-refractivity contribution in [3.05, 3.63) is 63.3 Å². The van der Waals surface area contributed by atoms with Gasteiger partial charge in [-0.1, -0.05) is 17.7 Å². The number of aryl methyl sites for hydroxylation is 1. The van der Waals surface area contributed by atoms with E-state index in [1.54, 1.807) is 22.9 Å². The van der Waals surface area contributed by atoms with Gasteiger partial charge in [0.25, 0.3) is 5.56 Å². The first-order valence-electron chi connectivity index (χ1n) is 6.43. The number of nitrogens with one attached hydrogen (secondary N) is 1. The normalized spacial score (nSPS) is 12.2. The second-order valence-electron chi connectivity index (χ2n) is 4.58. The highest BCUT2D eigenvalue weighted by Crippen LogP contribution is 2.22. The molecule has 0 aliphatic heterocycles. The molecule has 1 aromatic heterocycles. The number of aromatic nitrogens is 1. The Morgan fingerprint density at radius 1 is 1.35 bits per heavy atom. The lowest BCUT2D eigenvalue weighted by Gasteiger charge is -2.17. The number of hydrogen-bond acceptors (Lipinski definition) is 2. The molecule has 0 spiro atoms. The van der Waals surface area contributed by atoms with Crippen LogP contribution in [0.3, 0.4) is 0 Å². The zero-order valence-corrected chi connectivity index (χ0v) is 12.1. The summed E-state index contributed by atoms with van der Waals surface area (Å²) < 4.78 is 15.1. The van der Waals surface area contributed by atoms with Crippen LogP contribution in [0.25, 0.3) is 0 Å². The van der Waals surface area contributed by atoms with Gasteiger partial charge in [0.15, 0.2) is 0 Å². The van der Waals surface area contributed by atoms with Crippen molar-refractivity contribution in [2.24, 2.45) is 0 Å². The average Bonchev–Trinajstić information content (AvgIpc) is 2.43. The first kappa shape index (κ1) is 14.6. The largest absolute Gasteiger partial charge is 0.377 e. The van der Waals surface area contributed by atoms with Crippen LogP contribution in [0, 0.1) is 5.82 Å². The van der Waals surface area contributed by atoms with Crippen LogP contribution < -0.4 is 10.9 Å². The highest BCUT2D eigenvalue weighted by atomic mass is 35.5. The van der Waals surface area contributed by atoms with Crippen LogP contribution in [0.1, 0.15) is 25.5 Å². The van der Waals surface area contributed by atoms with Gasteiger partial charge in [-0.3, -0.25) is 4.79 Å². The molecule has 3 nitrogen and oxygen atoms in total. The first-order chi connectivity index (χ1) is 9.51. The Morgan fingerprint density at radius 3 is 2.75 bits per heavy atom. The van der Waals surface area contributed by atoms with Crippen LogP contribution in [0.2, 0.25) is 5.02 Å². The lowest BCUT2D eigenvalue weighted by atomic mass is 10.1. The summed E-state index contributed by atoms with van der Waals surface area (Å²) in [6.45, 7) is 4.44. The van der Waals surface area contributed by atoms with Crippen molar-refractivity contribution in [3.8, 4) is 0 Å². The van der Waals surface area contributed by atoms with Gasteiger partial charge in [0.2, 0.25) is 0 Å². The third-order valence-electron chi connectivity index (χ3n) is 3.15. The lowest BCUT2D eigenvalue weighted by Crippen LogP contribution is -2.18. The van der Waals surface area contributed by atoms with Crippen molar-refractivity contribution in [3.63, 3.8) is 0 Å². The average molecular weight is 295 g/mol. The second-order valence-corrected chi connectivity index (χ2v) is 4.99. The molecule has 0 radical (unpaired) electrons. The van der Waals surface area contributed by atoms with Gasteiger partial charge in [-0.15, -0.1) is 0 Å². The maximum Gasteiger partial charge on any atom is 0.250 e. The molecule has 1 unspecified atom stereocenters. The highest BCUT2D eigenvalue weighted by Gasteiger charge is 2.09. The minimum absolute atomic E-state index is 0.0387. The molecule has 20 heavy (non-hydrogen) atoms. The molecule has 1 N–H and O–H groups in total. The summed E-state index contributed by atoms with van der Waals surface area (Å²) in [6, 6.07) is 7.87. The molecule has 0 aliphatic carbocycles. The Hall–Kier alpha value is -1.81. The molecule has 0 saturated heterocycles. The molecule has 0 bridgehead atoms. The Bertz CT molecular complexity index is 669. The van der Waals surface area contributed by atoms with E-state index in [0.29, 0.717) is 6.54 Å². The fourth-order valence-electron chi connectivity index (χ4n) is 1.98. The number of anilines is 1. The van der Waals surface area contributed by atoms with Gasteiger partial charge >= 0.3 is 0 Å². The molecule has 106 valence electrons. The van der Waals surface area contributed by atoms with E-state index < -0.39 is 5.82 Å². The Kier molecular flexibility index (Phi) is 4.45. The smallest absolute Gasteiger partial charge is 0.250 e.